The van der Waals surface area contributed by atoms with Crippen LogP contribution in [0.2, 0.25) is 5.02 Å². The molecule has 0 unspecified atom stereocenters. The van der Waals surface area contributed by atoms with Crippen molar-refractivity contribution in [1.82, 2.24) is 10.3 Å². The van der Waals surface area contributed by atoms with E-state index in [4.69, 9.17) is 11.6 Å². The average Bonchev–Trinajstić information content (AvgIpc) is 2.80. The lowest BCUT2D eigenvalue weighted by Crippen LogP contribution is -2.28. The maximum atomic E-state index is 13.4. The number of para-hydroxylation sites is 1. The molecule has 0 saturated carbocycles. The fourth-order valence-corrected chi connectivity index (χ4v) is 5.06. The number of hydrogen-bond donors (Lipinski definition) is 1. The molecule has 3 rings (SSSR count). The number of aromatic nitrogens is 1. The first-order valence-corrected chi connectivity index (χ1v) is 12.2. The maximum absolute atomic E-state index is 13.4. The molecule has 1 amide bonds. The zero-order chi connectivity index (χ0) is 24.0. The van der Waals surface area contributed by atoms with E-state index in [-0.39, 0.29) is 10.8 Å². The Bertz CT molecular complexity index is 1280. The molecule has 33 heavy (non-hydrogen) atoms. The Balaban J connectivity index is 1.76. The number of amides is 1. The summed E-state index contributed by atoms with van der Waals surface area (Å²) in [4.78, 5) is 16.4. The molecule has 0 saturated heterocycles. The first kappa shape index (κ1) is 24.5. The van der Waals surface area contributed by atoms with Gasteiger partial charge in [-0.3, -0.25) is 14.1 Å². The van der Waals surface area contributed by atoms with Crippen LogP contribution in [0.3, 0.4) is 0 Å². The van der Waals surface area contributed by atoms with Crippen molar-refractivity contribution in [1.29, 1.82) is 0 Å². The zero-order valence-corrected chi connectivity index (χ0v) is 20.3. The number of hydrogen-bond acceptors (Lipinski definition) is 4. The number of sulfonamides is 1. The van der Waals surface area contributed by atoms with E-state index in [1.165, 1.54) is 17.4 Å². The van der Waals surface area contributed by atoms with Gasteiger partial charge in [-0.15, -0.1) is 0 Å². The van der Waals surface area contributed by atoms with Crippen molar-refractivity contribution in [2.45, 2.75) is 25.2 Å². The monoisotopic (exact) mass is 483 g/mol. The van der Waals surface area contributed by atoms with Crippen molar-refractivity contribution in [3.8, 4) is 0 Å². The van der Waals surface area contributed by atoms with E-state index in [0.717, 1.165) is 5.56 Å². The maximum Gasteiger partial charge on any atom is 0.264 e. The molecule has 1 N–H and O–H groups in total. The highest BCUT2D eigenvalue weighted by atomic mass is 35.5. The minimum atomic E-state index is -3.83. The van der Waals surface area contributed by atoms with Crippen LogP contribution in [-0.4, -0.2) is 32.9 Å². The van der Waals surface area contributed by atoms with E-state index in [1.54, 1.807) is 68.7 Å². The van der Waals surface area contributed by atoms with Crippen molar-refractivity contribution in [2.24, 2.45) is 0 Å². The van der Waals surface area contributed by atoms with Crippen LogP contribution in [0.25, 0.3) is 6.08 Å². The highest BCUT2D eigenvalue weighted by molar-refractivity contribution is 7.92. The summed E-state index contributed by atoms with van der Waals surface area (Å²) in [5.74, 6) is -0.256. The molecule has 0 radical (unpaired) electrons. The number of pyridine rings is 1. The smallest absolute Gasteiger partial charge is 0.264 e. The first-order chi connectivity index (χ1) is 15.7. The summed E-state index contributed by atoms with van der Waals surface area (Å²) in [6.07, 6.45) is 7.14. The van der Waals surface area contributed by atoms with Gasteiger partial charge in [0.25, 0.3) is 10.0 Å². The number of halogens is 1. The van der Waals surface area contributed by atoms with Crippen LogP contribution in [0.1, 0.15) is 22.3 Å². The van der Waals surface area contributed by atoms with Gasteiger partial charge in [-0.2, -0.15) is 0 Å². The average molecular weight is 484 g/mol. The minimum Gasteiger partial charge on any atom is -0.352 e. The van der Waals surface area contributed by atoms with Gasteiger partial charge in [0.15, 0.2) is 0 Å². The van der Waals surface area contributed by atoms with Gasteiger partial charge in [0, 0.05) is 37.1 Å². The number of nitrogens with one attached hydrogen (secondary N) is 1. The minimum absolute atomic E-state index is 0.194. The van der Waals surface area contributed by atoms with E-state index in [0.29, 0.717) is 40.4 Å². The number of benzene rings is 2. The number of carbonyl (C=O) groups is 1. The number of rotatable bonds is 8. The van der Waals surface area contributed by atoms with Gasteiger partial charge < -0.3 is 5.32 Å². The third-order valence-electron chi connectivity index (χ3n) is 5.25. The lowest BCUT2D eigenvalue weighted by molar-refractivity contribution is -0.116. The van der Waals surface area contributed by atoms with Crippen LogP contribution >= 0.6 is 11.6 Å². The third-order valence-corrected chi connectivity index (χ3v) is 7.57. The Morgan fingerprint density at radius 3 is 2.52 bits per heavy atom. The van der Waals surface area contributed by atoms with Crippen LogP contribution in [0.4, 0.5) is 5.69 Å². The normalized spacial score (nSPS) is 11.5. The predicted octanol–water partition coefficient (Wildman–Crippen LogP) is 4.55. The van der Waals surface area contributed by atoms with Gasteiger partial charge in [0.2, 0.25) is 5.91 Å². The van der Waals surface area contributed by atoms with Gasteiger partial charge in [0.1, 0.15) is 0 Å². The summed E-state index contributed by atoms with van der Waals surface area (Å²) in [5.41, 5.74) is 3.41. The van der Waals surface area contributed by atoms with Crippen molar-refractivity contribution >= 4 is 39.3 Å². The highest BCUT2D eigenvalue weighted by Crippen LogP contribution is 2.30. The molecule has 1 aromatic heterocycles. The SMILES string of the molecule is Cc1cc(S(=O)(=O)N(C)c2ccccc2/C=C/C(=O)NCCc2ccncc2)c(C)cc1Cl. The number of aryl methyl sites for hydroxylation is 2. The molecular formula is C25H26ClN3O3S. The summed E-state index contributed by atoms with van der Waals surface area (Å²) < 4.78 is 27.9. The second kappa shape index (κ2) is 10.6. The molecule has 6 nitrogen and oxygen atoms in total. The molecule has 2 aromatic carbocycles. The number of nitrogens with zero attached hydrogens (tertiary/aromatic N) is 2. The number of carbonyl (C=O) groups excluding carboxylic acids is 1. The van der Waals surface area contributed by atoms with Crippen LogP contribution < -0.4 is 9.62 Å². The van der Waals surface area contributed by atoms with Crippen molar-refractivity contribution in [2.75, 3.05) is 17.9 Å². The van der Waals surface area contributed by atoms with Gasteiger partial charge in [0.05, 0.1) is 10.6 Å². The Kier molecular flexibility index (Phi) is 7.89. The third kappa shape index (κ3) is 6.00. The largest absolute Gasteiger partial charge is 0.352 e. The molecule has 0 aliphatic carbocycles. The van der Waals surface area contributed by atoms with Crippen LogP contribution in [0.15, 0.2) is 71.9 Å². The Morgan fingerprint density at radius 1 is 1.09 bits per heavy atom. The van der Waals surface area contributed by atoms with E-state index in [2.05, 4.69) is 10.3 Å². The van der Waals surface area contributed by atoms with E-state index in [1.807, 2.05) is 12.1 Å². The molecular weight excluding hydrogens is 458 g/mol. The molecule has 0 aliphatic heterocycles. The predicted molar refractivity (Wildman–Crippen MR) is 133 cm³/mol. The number of anilines is 1. The van der Waals surface area contributed by atoms with Crippen LogP contribution in [0.5, 0.6) is 0 Å². The van der Waals surface area contributed by atoms with Crippen LogP contribution in [0, 0.1) is 13.8 Å². The van der Waals surface area contributed by atoms with Gasteiger partial charge >= 0.3 is 0 Å². The quantitative estimate of drug-likeness (QED) is 0.477. The zero-order valence-electron chi connectivity index (χ0n) is 18.7. The highest BCUT2D eigenvalue weighted by Gasteiger charge is 2.25. The van der Waals surface area contributed by atoms with E-state index < -0.39 is 10.0 Å². The second-order valence-electron chi connectivity index (χ2n) is 7.63. The summed E-state index contributed by atoms with van der Waals surface area (Å²) in [5, 5.41) is 3.36. The topological polar surface area (TPSA) is 79.4 Å². The van der Waals surface area contributed by atoms with E-state index in [9.17, 15) is 13.2 Å². The van der Waals surface area contributed by atoms with Gasteiger partial charge in [-0.1, -0.05) is 29.8 Å². The Morgan fingerprint density at radius 2 is 1.79 bits per heavy atom. The van der Waals surface area contributed by atoms with E-state index >= 15 is 0 Å². The second-order valence-corrected chi connectivity index (χ2v) is 9.97. The Hall–Kier alpha value is -3.16. The lowest BCUT2D eigenvalue weighted by Gasteiger charge is -2.23. The lowest BCUT2D eigenvalue weighted by atomic mass is 10.1. The molecule has 0 bridgehead atoms. The molecule has 8 heteroatoms. The summed E-state index contributed by atoms with van der Waals surface area (Å²) in [6.45, 7) is 3.97. The Labute approximate surface area is 200 Å². The van der Waals surface area contributed by atoms with Gasteiger partial charge in [-0.05, 0) is 78.9 Å². The molecule has 172 valence electrons. The molecule has 0 fully saturated rings. The van der Waals surface area contributed by atoms with Gasteiger partial charge in [-0.25, -0.2) is 8.42 Å². The fraction of sp³-hybridized carbons (Fsp3) is 0.200. The standard InChI is InChI=1S/C25H26ClN3O3S/c1-18-17-24(19(2)16-22(18)26)33(31,32)29(3)23-7-5-4-6-21(23)8-9-25(30)28-15-12-20-10-13-27-14-11-20/h4-11,13-14,16-17H,12,15H2,1-3H3,(H,28,30)/b9-8+. The van der Waals surface area contributed by atoms with Crippen molar-refractivity contribution < 1.29 is 13.2 Å². The summed E-state index contributed by atoms with van der Waals surface area (Å²) in [7, 11) is -2.33. The molecule has 0 atom stereocenters. The summed E-state index contributed by atoms with van der Waals surface area (Å²) in [6, 6.07) is 14.1. The molecule has 1 heterocycles. The van der Waals surface area contributed by atoms with Crippen LogP contribution in [-0.2, 0) is 21.2 Å². The van der Waals surface area contributed by atoms with Crippen molar-refractivity contribution in [3.05, 3.63) is 94.3 Å². The molecule has 3 aromatic rings. The van der Waals surface area contributed by atoms with Crippen molar-refractivity contribution in [3.63, 3.8) is 0 Å². The first-order valence-electron chi connectivity index (χ1n) is 10.4. The molecule has 0 aliphatic rings. The molecule has 0 spiro atoms. The fourth-order valence-electron chi connectivity index (χ4n) is 3.33. The summed E-state index contributed by atoms with van der Waals surface area (Å²) >= 11 is 6.14.